The molecule has 16 heavy (non-hydrogen) atoms. The quantitative estimate of drug-likeness (QED) is 0.741. The van der Waals surface area contributed by atoms with Crippen LogP contribution in [0.3, 0.4) is 0 Å². The Bertz CT molecular complexity index is 576. The zero-order valence-electron chi connectivity index (χ0n) is 8.30. The van der Waals surface area contributed by atoms with Gasteiger partial charge in [0.2, 0.25) is 0 Å². The number of primary amides is 1. The summed E-state index contributed by atoms with van der Waals surface area (Å²) in [6.07, 6.45) is 4.64. The van der Waals surface area contributed by atoms with E-state index in [9.17, 15) is 4.79 Å². The molecule has 2 aromatic rings. The Morgan fingerprint density at radius 2 is 2.31 bits per heavy atom. The molecule has 0 spiro atoms. The number of rotatable bonds is 1. The standard InChI is InChI=1S/C10H8N4O2/c11-10(15)8-6-2-1-5-3-12-4-13-7(5)9(6)16-14-8/h3-4H,1-2H2,(H2,11,15). The molecule has 1 amide bonds. The number of carbonyl (C=O) groups is 1. The molecule has 6 heteroatoms. The van der Waals surface area contributed by atoms with Gasteiger partial charge in [0.05, 0.1) is 0 Å². The number of aryl methyl sites for hydroxylation is 1. The second-order valence-electron chi connectivity index (χ2n) is 3.60. The largest absolute Gasteiger partial charge is 0.364 e. The van der Waals surface area contributed by atoms with Crippen LogP contribution >= 0.6 is 0 Å². The minimum Gasteiger partial charge on any atom is -0.364 e. The van der Waals surface area contributed by atoms with Crippen LogP contribution in [0, 0.1) is 0 Å². The Morgan fingerprint density at radius 1 is 1.44 bits per heavy atom. The first-order chi connectivity index (χ1) is 7.77. The van der Waals surface area contributed by atoms with Gasteiger partial charge in [0.15, 0.2) is 11.5 Å². The highest BCUT2D eigenvalue weighted by Gasteiger charge is 2.27. The van der Waals surface area contributed by atoms with Crippen molar-refractivity contribution in [3.8, 4) is 11.5 Å². The summed E-state index contributed by atoms with van der Waals surface area (Å²) in [7, 11) is 0. The third-order valence-corrected chi connectivity index (χ3v) is 2.67. The van der Waals surface area contributed by atoms with Gasteiger partial charge in [-0.15, -0.1) is 0 Å². The summed E-state index contributed by atoms with van der Waals surface area (Å²) in [5.41, 5.74) is 7.87. The number of aromatic nitrogens is 3. The van der Waals surface area contributed by atoms with E-state index in [-0.39, 0.29) is 5.69 Å². The number of hydrogen-bond donors (Lipinski definition) is 1. The van der Waals surface area contributed by atoms with Gasteiger partial charge in [-0.25, -0.2) is 9.97 Å². The molecule has 0 unspecified atom stereocenters. The van der Waals surface area contributed by atoms with Crippen LogP contribution in [0.4, 0.5) is 0 Å². The summed E-state index contributed by atoms with van der Waals surface area (Å²) >= 11 is 0. The zero-order chi connectivity index (χ0) is 11.1. The molecular formula is C10H8N4O2. The fraction of sp³-hybridized carbons (Fsp3) is 0.200. The molecule has 2 N–H and O–H groups in total. The molecule has 3 rings (SSSR count). The first-order valence-corrected chi connectivity index (χ1v) is 4.85. The van der Waals surface area contributed by atoms with E-state index in [0.29, 0.717) is 17.9 Å². The summed E-state index contributed by atoms with van der Waals surface area (Å²) in [4.78, 5) is 19.2. The highest BCUT2D eigenvalue weighted by Crippen LogP contribution is 2.32. The molecule has 1 aliphatic carbocycles. The van der Waals surface area contributed by atoms with Crippen LogP contribution in [0.1, 0.15) is 21.6 Å². The Morgan fingerprint density at radius 3 is 3.12 bits per heavy atom. The van der Waals surface area contributed by atoms with Crippen LogP contribution in [-0.4, -0.2) is 21.0 Å². The van der Waals surface area contributed by atoms with Gasteiger partial charge < -0.3 is 10.3 Å². The van der Waals surface area contributed by atoms with E-state index in [1.165, 1.54) is 6.33 Å². The number of nitrogens with zero attached hydrogens (tertiary/aromatic N) is 3. The van der Waals surface area contributed by atoms with E-state index in [2.05, 4.69) is 15.1 Å². The maximum absolute atomic E-state index is 11.1. The van der Waals surface area contributed by atoms with Crippen molar-refractivity contribution < 1.29 is 9.32 Å². The topological polar surface area (TPSA) is 94.9 Å². The molecule has 1 aliphatic rings. The minimum absolute atomic E-state index is 0.208. The molecule has 0 atom stereocenters. The van der Waals surface area contributed by atoms with Crippen LogP contribution in [0.2, 0.25) is 0 Å². The van der Waals surface area contributed by atoms with Crippen molar-refractivity contribution in [3.05, 3.63) is 29.3 Å². The maximum Gasteiger partial charge on any atom is 0.271 e. The van der Waals surface area contributed by atoms with E-state index in [0.717, 1.165) is 17.5 Å². The van der Waals surface area contributed by atoms with E-state index in [1.807, 2.05) is 0 Å². The predicted molar refractivity (Wildman–Crippen MR) is 53.5 cm³/mol. The van der Waals surface area contributed by atoms with Gasteiger partial charge in [-0.1, -0.05) is 5.16 Å². The van der Waals surface area contributed by atoms with Crippen LogP contribution in [0.25, 0.3) is 11.5 Å². The first-order valence-electron chi connectivity index (χ1n) is 4.85. The predicted octanol–water partition coefficient (Wildman–Crippen LogP) is 0.329. The summed E-state index contributed by atoms with van der Waals surface area (Å²) < 4.78 is 5.13. The second-order valence-corrected chi connectivity index (χ2v) is 3.60. The van der Waals surface area contributed by atoms with Gasteiger partial charge in [-0.05, 0) is 12.8 Å². The molecule has 0 bridgehead atoms. The molecule has 0 radical (unpaired) electrons. The third kappa shape index (κ3) is 1.13. The third-order valence-electron chi connectivity index (χ3n) is 2.67. The number of nitrogens with two attached hydrogens (primary N) is 1. The van der Waals surface area contributed by atoms with Gasteiger partial charge in [-0.2, -0.15) is 0 Å². The summed E-state index contributed by atoms with van der Waals surface area (Å²) in [6, 6.07) is 0. The van der Waals surface area contributed by atoms with Crippen molar-refractivity contribution in [1.82, 2.24) is 15.1 Å². The molecule has 0 saturated carbocycles. The molecule has 0 aromatic carbocycles. The highest BCUT2D eigenvalue weighted by molar-refractivity contribution is 5.94. The lowest BCUT2D eigenvalue weighted by molar-refractivity contribution is 0.0991. The molecule has 0 saturated heterocycles. The maximum atomic E-state index is 11.1. The average Bonchev–Trinajstić information content (AvgIpc) is 2.73. The van der Waals surface area contributed by atoms with Gasteiger partial charge >= 0.3 is 0 Å². The number of fused-ring (bicyclic) bond motifs is 3. The van der Waals surface area contributed by atoms with Gasteiger partial charge in [0, 0.05) is 17.3 Å². The van der Waals surface area contributed by atoms with Crippen molar-refractivity contribution in [3.63, 3.8) is 0 Å². The fourth-order valence-electron chi connectivity index (χ4n) is 1.93. The Balaban J connectivity index is 2.23. The van der Waals surface area contributed by atoms with Crippen LogP contribution in [-0.2, 0) is 12.8 Å². The smallest absolute Gasteiger partial charge is 0.271 e. The lowest BCUT2D eigenvalue weighted by Gasteiger charge is -2.11. The minimum atomic E-state index is -0.567. The lowest BCUT2D eigenvalue weighted by Crippen LogP contribution is -2.15. The normalized spacial score (nSPS) is 13.0. The molecule has 0 aliphatic heterocycles. The zero-order valence-corrected chi connectivity index (χ0v) is 8.30. The van der Waals surface area contributed by atoms with Crippen molar-refractivity contribution in [2.75, 3.05) is 0 Å². The molecule has 0 fully saturated rings. The van der Waals surface area contributed by atoms with Crippen LogP contribution < -0.4 is 5.73 Å². The fourth-order valence-corrected chi connectivity index (χ4v) is 1.93. The summed E-state index contributed by atoms with van der Waals surface area (Å²) in [5.74, 6) is -0.0278. The molecular weight excluding hydrogens is 208 g/mol. The van der Waals surface area contributed by atoms with E-state index >= 15 is 0 Å². The average molecular weight is 216 g/mol. The molecule has 80 valence electrons. The number of amides is 1. The van der Waals surface area contributed by atoms with Crippen molar-refractivity contribution in [2.24, 2.45) is 5.73 Å². The highest BCUT2D eigenvalue weighted by atomic mass is 16.5. The Labute approximate surface area is 90.5 Å². The van der Waals surface area contributed by atoms with Crippen LogP contribution in [0.5, 0.6) is 0 Å². The lowest BCUT2D eigenvalue weighted by atomic mass is 9.94. The number of hydrogen-bond acceptors (Lipinski definition) is 5. The second kappa shape index (κ2) is 3.13. The molecule has 6 nitrogen and oxygen atoms in total. The molecule has 2 aromatic heterocycles. The Hall–Kier alpha value is -2.24. The van der Waals surface area contributed by atoms with Crippen molar-refractivity contribution in [1.29, 1.82) is 0 Å². The van der Waals surface area contributed by atoms with Gasteiger partial charge in [0.1, 0.15) is 12.0 Å². The Kier molecular flexibility index (Phi) is 1.76. The summed E-state index contributed by atoms with van der Waals surface area (Å²) in [5, 5.41) is 3.69. The van der Waals surface area contributed by atoms with Crippen molar-refractivity contribution >= 4 is 5.91 Å². The SMILES string of the molecule is NC(=O)c1noc2c1CCc1cncnc1-2. The van der Waals surface area contributed by atoms with Gasteiger partial charge in [-0.3, -0.25) is 4.79 Å². The van der Waals surface area contributed by atoms with E-state index in [4.69, 9.17) is 10.3 Å². The molecule has 2 heterocycles. The van der Waals surface area contributed by atoms with E-state index < -0.39 is 5.91 Å². The van der Waals surface area contributed by atoms with Crippen LogP contribution in [0.15, 0.2) is 17.0 Å². The monoisotopic (exact) mass is 216 g/mol. The number of carbonyl (C=O) groups excluding carboxylic acids is 1. The van der Waals surface area contributed by atoms with Crippen molar-refractivity contribution in [2.45, 2.75) is 12.8 Å². The summed E-state index contributed by atoms with van der Waals surface area (Å²) in [6.45, 7) is 0. The van der Waals surface area contributed by atoms with E-state index in [1.54, 1.807) is 6.20 Å². The first kappa shape index (κ1) is 9.02. The van der Waals surface area contributed by atoms with Gasteiger partial charge in [0.25, 0.3) is 5.91 Å².